The third-order valence-corrected chi connectivity index (χ3v) is 7.62. The minimum absolute atomic E-state index is 0. The molecule has 8 heteroatoms. The lowest BCUT2D eigenvalue weighted by atomic mass is 10.1. The molecule has 0 aliphatic carbocycles. The van der Waals surface area contributed by atoms with E-state index in [2.05, 4.69) is 69.0 Å². The molecule has 1 aliphatic heterocycles. The Morgan fingerprint density at radius 3 is 1.95 bits per heavy atom. The number of hydrogen-bond donors (Lipinski definition) is 0. The molecule has 0 radical (unpaired) electrons. The van der Waals surface area contributed by atoms with Gasteiger partial charge in [-0.15, -0.1) is 27.2 Å². The monoisotopic (exact) mass is 639 g/mol. The normalized spacial score (nSPS) is 12.4. The van der Waals surface area contributed by atoms with Crippen molar-refractivity contribution >= 4 is 45.1 Å². The second kappa shape index (κ2) is 11.3. The van der Waals surface area contributed by atoms with Crippen molar-refractivity contribution in [2.24, 2.45) is 0 Å². The van der Waals surface area contributed by atoms with Gasteiger partial charge >= 0.3 is 0 Å². The molecule has 214 valence electrons. The summed E-state index contributed by atoms with van der Waals surface area (Å²) in [5, 5.41) is 8.51. The van der Waals surface area contributed by atoms with Gasteiger partial charge < -0.3 is 13.7 Å². The van der Waals surface area contributed by atoms with Gasteiger partial charge in [0.25, 0.3) is 0 Å². The Hall–Kier alpha value is -5.47. The van der Waals surface area contributed by atoms with Crippen LogP contribution in [0.2, 0.25) is 0 Å². The molecule has 8 rings (SSSR count). The van der Waals surface area contributed by atoms with Crippen molar-refractivity contribution in [3.63, 3.8) is 0 Å². The number of benzene rings is 5. The number of hydrogen-bond acceptors (Lipinski definition) is 7. The summed E-state index contributed by atoms with van der Waals surface area (Å²) in [4.78, 5) is 9.14. The summed E-state index contributed by atoms with van der Waals surface area (Å²) in [6.45, 7) is 5.13. The summed E-state index contributed by atoms with van der Waals surface area (Å²) in [6.07, 6.45) is 0. The van der Waals surface area contributed by atoms with E-state index in [4.69, 9.17) is 13.8 Å². The van der Waals surface area contributed by atoms with Gasteiger partial charge in [0.1, 0.15) is 11.3 Å². The van der Waals surface area contributed by atoms with Crippen LogP contribution in [-0.4, -0.2) is 15.2 Å². The molecule has 5 aromatic carbocycles. The van der Waals surface area contributed by atoms with Crippen LogP contribution in [0.5, 0.6) is 0 Å². The van der Waals surface area contributed by atoms with Gasteiger partial charge in [0, 0.05) is 28.9 Å². The number of para-hydroxylation sites is 3. The first kappa shape index (κ1) is 27.4. The van der Waals surface area contributed by atoms with Gasteiger partial charge in [-0.3, -0.25) is 4.90 Å². The Kier molecular flexibility index (Phi) is 7.04. The number of fused-ring (bicyclic) bond motifs is 2. The van der Waals surface area contributed by atoms with E-state index in [1.807, 2.05) is 84.9 Å². The average molecular weight is 641 g/mol. The molecule has 0 bridgehead atoms. The van der Waals surface area contributed by atoms with Crippen LogP contribution in [0.25, 0.3) is 45.5 Å². The molecule has 0 saturated heterocycles. The third-order valence-electron chi connectivity index (χ3n) is 7.62. The van der Waals surface area contributed by atoms with E-state index < -0.39 is 0 Å². The van der Waals surface area contributed by atoms with E-state index in [0.29, 0.717) is 24.2 Å². The van der Waals surface area contributed by atoms with Crippen molar-refractivity contribution in [1.82, 2.24) is 15.2 Å². The van der Waals surface area contributed by atoms with E-state index in [-0.39, 0.29) is 17.0 Å². The quantitative estimate of drug-likeness (QED) is 0.179. The Labute approximate surface area is 264 Å². The molecule has 1 aliphatic rings. The summed E-state index contributed by atoms with van der Waals surface area (Å²) < 4.78 is 12.1. The van der Waals surface area contributed by atoms with Gasteiger partial charge in [-0.2, -0.15) is 0 Å². The maximum Gasteiger partial charge on any atom is 0.248 e. The van der Waals surface area contributed by atoms with Crippen LogP contribution in [0.15, 0.2) is 149 Å². The minimum Gasteiger partial charge on any atom is -0.436 e. The highest BCUT2D eigenvalue weighted by Gasteiger charge is 2.32. The molecule has 0 N–H and O–H groups in total. The SMILES string of the molecule is Br.C=C1N(Cc2ccc(-c3nnc(-c4ccccc4)o3)cc2)c2cc(-c3nc4ccccc4o3)ccc2N1c1ccccc1. The van der Waals surface area contributed by atoms with Crippen molar-refractivity contribution in [3.05, 3.63) is 145 Å². The zero-order chi connectivity index (χ0) is 28.8. The van der Waals surface area contributed by atoms with Crippen molar-refractivity contribution < 1.29 is 8.83 Å². The molecule has 0 amide bonds. The summed E-state index contributed by atoms with van der Waals surface area (Å²) >= 11 is 0. The second-order valence-corrected chi connectivity index (χ2v) is 10.3. The predicted octanol–water partition coefficient (Wildman–Crippen LogP) is 9.42. The van der Waals surface area contributed by atoms with Crippen molar-refractivity contribution in [3.8, 4) is 34.4 Å². The highest BCUT2D eigenvalue weighted by molar-refractivity contribution is 8.93. The van der Waals surface area contributed by atoms with Crippen molar-refractivity contribution in [1.29, 1.82) is 0 Å². The van der Waals surface area contributed by atoms with Gasteiger partial charge in [0.2, 0.25) is 17.7 Å². The molecule has 0 unspecified atom stereocenters. The summed E-state index contributed by atoms with van der Waals surface area (Å²) in [5.74, 6) is 2.44. The minimum atomic E-state index is 0. The van der Waals surface area contributed by atoms with Crippen molar-refractivity contribution in [2.45, 2.75) is 6.54 Å². The van der Waals surface area contributed by atoms with Crippen LogP contribution >= 0.6 is 17.0 Å². The van der Waals surface area contributed by atoms with E-state index in [0.717, 1.165) is 56.2 Å². The summed E-state index contributed by atoms with van der Waals surface area (Å²) in [5.41, 5.74) is 8.50. The lowest BCUT2D eigenvalue weighted by molar-refractivity contribution is 0.584. The molecule has 2 aromatic heterocycles. The van der Waals surface area contributed by atoms with Crippen molar-refractivity contribution in [2.75, 3.05) is 9.80 Å². The number of aromatic nitrogens is 3. The standard InChI is InChI=1S/C36H25N5O2.BrH/c1-24-40(23-25-16-18-27(19-17-25)36-39-38-35(43-36)26-10-4-2-5-11-26)32-22-28(34-37-30-14-8-9-15-33(30)42-34)20-21-31(32)41(24)29-12-6-3-7-13-29;/h2-22H,1,23H2;1H. The van der Waals surface area contributed by atoms with Gasteiger partial charge in [-0.25, -0.2) is 4.98 Å². The first-order chi connectivity index (χ1) is 21.2. The Balaban J connectivity index is 0.00000312. The largest absolute Gasteiger partial charge is 0.436 e. The number of rotatable bonds is 6. The second-order valence-electron chi connectivity index (χ2n) is 10.3. The van der Waals surface area contributed by atoms with Crippen LogP contribution < -0.4 is 9.80 Å². The molecule has 44 heavy (non-hydrogen) atoms. The number of nitrogens with zero attached hydrogens (tertiary/aromatic N) is 5. The zero-order valence-electron chi connectivity index (χ0n) is 23.5. The molecule has 0 spiro atoms. The number of anilines is 3. The van der Waals surface area contributed by atoms with E-state index >= 15 is 0 Å². The Morgan fingerprint density at radius 1 is 0.591 bits per heavy atom. The zero-order valence-corrected chi connectivity index (χ0v) is 25.2. The lowest BCUT2D eigenvalue weighted by Gasteiger charge is -2.24. The Bertz CT molecular complexity index is 2060. The third kappa shape index (κ3) is 4.85. The van der Waals surface area contributed by atoms with Crippen LogP contribution in [0, 0.1) is 0 Å². The van der Waals surface area contributed by atoms with Crippen LogP contribution in [0.1, 0.15) is 5.56 Å². The summed E-state index contributed by atoms with van der Waals surface area (Å²) in [6, 6.07) is 42.4. The van der Waals surface area contributed by atoms with Crippen LogP contribution in [0.3, 0.4) is 0 Å². The smallest absolute Gasteiger partial charge is 0.248 e. The highest BCUT2D eigenvalue weighted by Crippen LogP contribution is 2.47. The van der Waals surface area contributed by atoms with E-state index in [9.17, 15) is 0 Å². The Morgan fingerprint density at radius 2 is 1.23 bits per heavy atom. The van der Waals surface area contributed by atoms with E-state index in [1.54, 1.807) is 0 Å². The molecular formula is C36H26BrN5O2. The lowest BCUT2D eigenvalue weighted by Crippen LogP contribution is -2.24. The van der Waals surface area contributed by atoms with Crippen LogP contribution in [-0.2, 0) is 6.54 Å². The molecular weight excluding hydrogens is 614 g/mol. The number of halogens is 1. The van der Waals surface area contributed by atoms with Gasteiger partial charge in [-0.05, 0) is 72.3 Å². The molecule has 7 aromatic rings. The fraction of sp³-hybridized carbons (Fsp3) is 0.0278. The fourth-order valence-corrected chi connectivity index (χ4v) is 5.47. The highest BCUT2D eigenvalue weighted by atomic mass is 79.9. The summed E-state index contributed by atoms with van der Waals surface area (Å²) in [7, 11) is 0. The van der Waals surface area contributed by atoms with Gasteiger partial charge in [0.05, 0.1) is 11.4 Å². The first-order valence-electron chi connectivity index (χ1n) is 14.0. The topological polar surface area (TPSA) is 71.4 Å². The maximum absolute atomic E-state index is 6.11. The first-order valence-corrected chi connectivity index (χ1v) is 14.0. The molecule has 7 nitrogen and oxygen atoms in total. The molecule has 0 fully saturated rings. The predicted molar refractivity (Wildman–Crippen MR) is 179 cm³/mol. The fourth-order valence-electron chi connectivity index (χ4n) is 5.47. The average Bonchev–Trinajstić information content (AvgIpc) is 3.79. The maximum atomic E-state index is 6.11. The number of oxazole rings is 1. The van der Waals surface area contributed by atoms with Crippen LogP contribution in [0.4, 0.5) is 17.1 Å². The van der Waals surface area contributed by atoms with Gasteiger partial charge in [0.15, 0.2) is 5.58 Å². The van der Waals surface area contributed by atoms with E-state index in [1.165, 1.54) is 0 Å². The van der Waals surface area contributed by atoms with Gasteiger partial charge in [-0.1, -0.05) is 67.2 Å². The molecule has 0 atom stereocenters. The molecule has 3 heterocycles. The molecule has 0 saturated carbocycles.